The van der Waals surface area contributed by atoms with Crippen LogP contribution in [0.5, 0.6) is 5.75 Å². The molecule has 0 saturated carbocycles. The van der Waals surface area contributed by atoms with E-state index in [4.69, 9.17) is 4.74 Å². The number of carbonyl (C=O) groups is 1. The Labute approximate surface area is 159 Å². The van der Waals surface area contributed by atoms with Gasteiger partial charge < -0.3 is 15.4 Å². The Morgan fingerprint density at radius 3 is 3.12 bits per heavy atom. The molecule has 1 aromatic carbocycles. The Morgan fingerprint density at radius 1 is 1.42 bits per heavy atom. The van der Waals surface area contributed by atoms with E-state index in [1.165, 1.54) is 11.1 Å². The lowest BCUT2D eigenvalue weighted by molar-refractivity contribution is -0.124. The fourth-order valence-corrected chi connectivity index (χ4v) is 3.79. The molecule has 2 aliphatic rings. The molecule has 1 amide bonds. The monoisotopic (exact) mass is 376 g/mol. The number of rotatable bonds is 5. The summed E-state index contributed by atoms with van der Waals surface area (Å²) in [4.78, 5) is 12.6. The quantitative estimate of drug-likeness (QED) is 0.828. The van der Waals surface area contributed by atoms with Crippen molar-refractivity contribution in [2.24, 2.45) is 13.0 Å². The van der Waals surface area contributed by atoms with Crippen molar-refractivity contribution in [1.29, 1.82) is 0 Å². The minimum atomic E-state index is -0.0300. The van der Waals surface area contributed by atoms with Crippen LogP contribution in [0.15, 0.2) is 30.6 Å². The van der Waals surface area contributed by atoms with Crippen LogP contribution in [0.2, 0.25) is 0 Å². The molecule has 0 spiro atoms. The molecule has 0 radical (unpaired) electrons. The predicted molar refractivity (Wildman–Crippen MR) is 102 cm³/mol. The summed E-state index contributed by atoms with van der Waals surface area (Å²) in [5.41, 5.74) is 3.66. The smallest absolute Gasteiger partial charge is 0.225 e. The van der Waals surface area contributed by atoms with Crippen molar-refractivity contribution in [2.75, 3.05) is 26.2 Å². The van der Waals surface area contributed by atoms with Gasteiger partial charge in [-0.1, -0.05) is 12.1 Å². The third kappa shape index (κ3) is 3.86. The number of nitrogens with one attached hydrogen (secondary N) is 2. The largest absolute Gasteiger partial charge is 0.493 e. The average molecular weight is 377 g/mol. The second-order valence-electron chi connectivity index (χ2n) is 6.90. The second-order valence-corrected chi connectivity index (χ2v) is 6.90. The summed E-state index contributed by atoms with van der Waals surface area (Å²) < 4.78 is 7.33. The number of aromatic nitrogens is 2. The minimum absolute atomic E-state index is 0. The molecule has 26 heavy (non-hydrogen) atoms. The standard InChI is InChI=1S/C19H24N4O2.ClH/c1-23-12-15(9-22-23)16-10-20-11-17(16)19(24)21-6-4-13-2-3-18-14(8-13)5-7-25-18;/h2-3,8-9,12,16-17,20H,4-7,10-11H2,1H3,(H,21,24);1H/t16-,17+;/m1./s1. The Kier molecular flexibility index (Phi) is 5.84. The first-order valence-electron chi connectivity index (χ1n) is 8.92. The topological polar surface area (TPSA) is 68.2 Å². The molecule has 6 nitrogen and oxygen atoms in total. The van der Waals surface area contributed by atoms with Crippen molar-refractivity contribution in [3.8, 4) is 5.75 Å². The number of hydrogen-bond acceptors (Lipinski definition) is 4. The number of carbonyl (C=O) groups excluding carboxylic acids is 1. The Balaban J connectivity index is 0.00000196. The molecular weight excluding hydrogens is 352 g/mol. The van der Waals surface area contributed by atoms with Crippen molar-refractivity contribution in [1.82, 2.24) is 20.4 Å². The summed E-state index contributed by atoms with van der Waals surface area (Å²) in [6.07, 6.45) is 5.70. The lowest BCUT2D eigenvalue weighted by Crippen LogP contribution is -2.35. The van der Waals surface area contributed by atoms with E-state index in [-0.39, 0.29) is 30.2 Å². The van der Waals surface area contributed by atoms with E-state index in [0.717, 1.165) is 43.9 Å². The normalized spacial score (nSPS) is 21.0. The summed E-state index contributed by atoms with van der Waals surface area (Å²) >= 11 is 0. The van der Waals surface area contributed by atoms with Gasteiger partial charge >= 0.3 is 0 Å². The fraction of sp³-hybridized carbons (Fsp3) is 0.474. The molecule has 2 aromatic rings. The SMILES string of the molecule is Cl.Cn1cc([C@H]2CNC[C@@H]2C(=O)NCCc2ccc3c(c2)CCO3)cn1. The predicted octanol–water partition coefficient (Wildman–Crippen LogP) is 1.44. The Bertz CT molecular complexity index is 777. The third-order valence-electron chi connectivity index (χ3n) is 5.17. The zero-order valence-corrected chi connectivity index (χ0v) is 15.7. The molecule has 1 saturated heterocycles. The van der Waals surface area contributed by atoms with Crippen LogP contribution < -0.4 is 15.4 Å². The van der Waals surface area contributed by atoms with Gasteiger partial charge in [-0.05, 0) is 29.2 Å². The van der Waals surface area contributed by atoms with Gasteiger partial charge in [0, 0.05) is 45.2 Å². The van der Waals surface area contributed by atoms with Gasteiger partial charge in [-0.25, -0.2) is 0 Å². The minimum Gasteiger partial charge on any atom is -0.493 e. The van der Waals surface area contributed by atoms with Gasteiger partial charge in [0.1, 0.15) is 5.75 Å². The first-order valence-corrected chi connectivity index (χ1v) is 8.92. The van der Waals surface area contributed by atoms with Crippen molar-refractivity contribution in [3.63, 3.8) is 0 Å². The number of aryl methyl sites for hydroxylation is 1. The number of halogens is 1. The molecule has 0 bridgehead atoms. The zero-order chi connectivity index (χ0) is 17.2. The van der Waals surface area contributed by atoms with E-state index in [0.29, 0.717) is 6.54 Å². The molecule has 4 rings (SSSR count). The van der Waals surface area contributed by atoms with Crippen LogP contribution in [0.4, 0.5) is 0 Å². The van der Waals surface area contributed by atoms with Crippen LogP contribution in [-0.4, -0.2) is 41.9 Å². The van der Waals surface area contributed by atoms with Gasteiger partial charge in [-0.15, -0.1) is 12.4 Å². The highest BCUT2D eigenvalue weighted by molar-refractivity contribution is 5.85. The van der Waals surface area contributed by atoms with Crippen LogP contribution in [0.1, 0.15) is 22.6 Å². The lowest BCUT2D eigenvalue weighted by atomic mass is 9.90. The summed E-state index contributed by atoms with van der Waals surface area (Å²) in [7, 11) is 1.91. The van der Waals surface area contributed by atoms with Gasteiger partial charge in [-0.2, -0.15) is 5.10 Å². The van der Waals surface area contributed by atoms with E-state index in [1.54, 1.807) is 4.68 Å². The number of hydrogen-bond donors (Lipinski definition) is 2. The van der Waals surface area contributed by atoms with E-state index in [1.807, 2.05) is 25.5 Å². The Hall–Kier alpha value is -2.05. The number of fused-ring (bicyclic) bond motifs is 1. The number of amides is 1. The fourth-order valence-electron chi connectivity index (χ4n) is 3.79. The van der Waals surface area contributed by atoms with Gasteiger partial charge in [0.25, 0.3) is 0 Å². The highest BCUT2D eigenvalue weighted by Crippen LogP contribution is 2.28. The first-order chi connectivity index (χ1) is 12.2. The van der Waals surface area contributed by atoms with Crippen LogP contribution in [0, 0.1) is 5.92 Å². The summed E-state index contributed by atoms with van der Waals surface area (Å²) in [6.45, 7) is 2.99. The van der Waals surface area contributed by atoms with E-state index < -0.39 is 0 Å². The van der Waals surface area contributed by atoms with Crippen LogP contribution in [-0.2, 0) is 24.7 Å². The van der Waals surface area contributed by atoms with E-state index in [9.17, 15) is 4.79 Å². The molecule has 0 unspecified atom stereocenters. The van der Waals surface area contributed by atoms with Gasteiger partial charge in [0.2, 0.25) is 5.91 Å². The zero-order valence-electron chi connectivity index (χ0n) is 14.9. The number of ether oxygens (including phenoxy) is 1. The highest BCUT2D eigenvalue weighted by atomic mass is 35.5. The number of benzene rings is 1. The maximum atomic E-state index is 12.6. The van der Waals surface area contributed by atoms with Crippen molar-refractivity contribution >= 4 is 18.3 Å². The molecule has 3 heterocycles. The molecule has 7 heteroatoms. The summed E-state index contributed by atoms with van der Waals surface area (Å²) in [5.74, 6) is 1.30. The molecule has 140 valence electrons. The Morgan fingerprint density at radius 2 is 2.31 bits per heavy atom. The first kappa shape index (κ1) is 18.7. The van der Waals surface area contributed by atoms with E-state index in [2.05, 4.69) is 27.9 Å². The molecule has 1 aromatic heterocycles. The second kappa shape index (κ2) is 8.10. The molecule has 0 aliphatic carbocycles. The van der Waals surface area contributed by atoms with Crippen LogP contribution in [0.25, 0.3) is 0 Å². The van der Waals surface area contributed by atoms with Crippen molar-refractivity contribution in [2.45, 2.75) is 18.8 Å². The highest BCUT2D eigenvalue weighted by Gasteiger charge is 2.34. The summed E-state index contributed by atoms with van der Waals surface area (Å²) in [5, 5.41) is 10.7. The molecule has 1 fully saturated rings. The van der Waals surface area contributed by atoms with Gasteiger partial charge in [0.05, 0.1) is 18.7 Å². The maximum absolute atomic E-state index is 12.6. The molecule has 2 atom stereocenters. The van der Waals surface area contributed by atoms with Crippen LogP contribution in [0.3, 0.4) is 0 Å². The molecule has 2 N–H and O–H groups in total. The maximum Gasteiger partial charge on any atom is 0.225 e. The average Bonchev–Trinajstić information content (AvgIpc) is 3.34. The molecular formula is C19H25ClN4O2. The third-order valence-corrected chi connectivity index (χ3v) is 5.17. The lowest BCUT2D eigenvalue weighted by Gasteiger charge is -2.17. The van der Waals surface area contributed by atoms with E-state index >= 15 is 0 Å². The summed E-state index contributed by atoms with van der Waals surface area (Å²) in [6, 6.07) is 6.33. The van der Waals surface area contributed by atoms with Crippen LogP contribution >= 0.6 is 12.4 Å². The van der Waals surface area contributed by atoms with Gasteiger partial charge in [-0.3, -0.25) is 9.48 Å². The number of nitrogens with zero attached hydrogens (tertiary/aromatic N) is 2. The van der Waals surface area contributed by atoms with Crippen molar-refractivity contribution in [3.05, 3.63) is 47.3 Å². The van der Waals surface area contributed by atoms with Gasteiger partial charge in [0.15, 0.2) is 0 Å². The van der Waals surface area contributed by atoms with Crippen molar-refractivity contribution < 1.29 is 9.53 Å². The molecule has 2 aliphatic heterocycles.